The normalized spacial score (nSPS) is 13.9. The van der Waals surface area contributed by atoms with Crippen LogP contribution in [0.2, 0.25) is 0 Å². The van der Waals surface area contributed by atoms with Gasteiger partial charge in [0.25, 0.3) is 0 Å². The Morgan fingerprint density at radius 1 is 1.75 bits per heavy atom. The van der Waals surface area contributed by atoms with Gasteiger partial charge in [-0.15, -0.1) is 0 Å². The molecule has 50 valence electrons. The Morgan fingerprint density at radius 3 is 2.75 bits per heavy atom. The molecular formula is C5H13NOS. The van der Waals surface area contributed by atoms with Gasteiger partial charge in [-0.05, 0) is 6.92 Å². The van der Waals surface area contributed by atoms with Crippen molar-refractivity contribution in [3.8, 4) is 0 Å². The molecule has 0 aromatic rings. The third-order valence-electron chi connectivity index (χ3n) is 0.786. The molecule has 2 N–H and O–H groups in total. The molecule has 1 unspecified atom stereocenters. The summed E-state index contributed by atoms with van der Waals surface area (Å²) in [6.45, 7) is 3.95. The van der Waals surface area contributed by atoms with E-state index < -0.39 is 0 Å². The number of ether oxygens (including phenoxy) is 1. The molecule has 0 spiro atoms. The third-order valence-corrected chi connectivity index (χ3v) is 1.15. The Kier molecular flexibility index (Phi) is 5.59. The van der Waals surface area contributed by atoms with Gasteiger partial charge in [-0.1, -0.05) is 0 Å². The van der Waals surface area contributed by atoms with Crippen LogP contribution < -0.4 is 5.73 Å². The van der Waals surface area contributed by atoms with Crippen LogP contribution >= 0.6 is 12.6 Å². The van der Waals surface area contributed by atoms with Crippen LogP contribution in [-0.2, 0) is 4.74 Å². The van der Waals surface area contributed by atoms with E-state index in [0.717, 1.165) is 6.61 Å². The third kappa shape index (κ3) is 4.43. The molecule has 1 atom stereocenters. The molecule has 0 radical (unpaired) electrons. The van der Waals surface area contributed by atoms with Crippen LogP contribution in [0.5, 0.6) is 0 Å². The molecule has 8 heavy (non-hydrogen) atoms. The van der Waals surface area contributed by atoms with Gasteiger partial charge in [-0.3, -0.25) is 0 Å². The monoisotopic (exact) mass is 135 g/mol. The van der Waals surface area contributed by atoms with Crippen LogP contribution in [0.3, 0.4) is 0 Å². The predicted octanol–water partition coefficient (Wildman–Crippen LogP) is 0.280. The zero-order chi connectivity index (χ0) is 6.41. The predicted molar refractivity (Wildman–Crippen MR) is 38.3 cm³/mol. The lowest BCUT2D eigenvalue weighted by atomic mass is 10.4. The van der Waals surface area contributed by atoms with E-state index in [1.165, 1.54) is 0 Å². The van der Waals surface area contributed by atoms with Crippen molar-refractivity contribution in [2.24, 2.45) is 5.73 Å². The Hall–Kier alpha value is 0.270. The summed E-state index contributed by atoms with van der Waals surface area (Å²) in [5, 5.41) is 0.204. The maximum Gasteiger partial charge on any atom is 0.0594 e. The topological polar surface area (TPSA) is 35.2 Å². The fourth-order valence-electron chi connectivity index (χ4n) is 0.322. The molecule has 0 rings (SSSR count). The van der Waals surface area contributed by atoms with Crippen molar-refractivity contribution >= 4 is 12.6 Å². The van der Waals surface area contributed by atoms with Gasteiger partial charge in [-0.25, -0.2) is 0 Å². The quantitative estimate of drug-likeness (QED) is 0.543. The first-order chi connectivity index (χ1) is 3.81. The molecule has 0 bridgehead atoms. The Balaban J connectivity index is 2.86. The molecule has 0 heterocycles. The average molecular weight is 135 g/mol. The van der Waals surface area contributed by atoms with Crippen molar-refractivity contribution in [1.82, 2.24) is 0 Å². The van der Waals surface area contributed by atoms with Crippen LogP contribution in [-0.4, -0.2) is 25.0 Å². The van der Waals surface area contributed by atoms with Crippen molar-refractivity contribution in [2.45, 2.75) is 12.2 Å². The molecule has 0 aliphatic rings. The van der Waals surface area contributed by atoms with E-state index in [1.807, 2.05) is 6.92 Å². The van der Waals surface area contributed by atoms with Gasteiger partial charge in [-0.2, -0.15) is 12.6 Å². The second kappa shape index (κ2) is 5.41. The van der Waals surface area contributed by atoms with Gasteiger partial charge in [0.2, 0.25) is 0 Å². The molecule has 0 aliphatic heterocycles. The fourth-order valence-corrected chi connectivity index (χ4v) is 0.427. The Bertz CT molecular complexity index is 51.7. The van der Waals surface area contributed by atoms with Gasteiger partial charge < -0.3 is 10.5 Å². The second-order valence-electron chi connectivity index (χ2n) is 1.55. The zero-order valence-electron chi connectivity index (χ0n) is 5.13. The van der Waals surface area contributed by atoms with Gasteiger partial charge in [0.1, 0.15) is 0 Å². The molecule has 2 nitrogen and oxygen atoms in total. The van der Waals surface area contributed by atoms with Gasteiger partial charge in [0.15, 0.2) is 0 Å². The molecular weight excluding hydrogens is 122 g/mol. The van der Waals surface area contributed by atoms with Crippen LogP contribution in [0.15, 0.2) is 0 Å². The van der Waals surface area contributed by atoms with E-state index in [-0.39, 0.29) is 5.25 Å². The summed E-state index contributed by atoms with van der Waals surface area (Å²) in [5.74, 6) is 0. The molecule has 0 saturated carbocycles. The molecule has 0 aromatic carbocycles. The first kappa shape index (κ1) is 8.27. The summed E-state index contributed by atoms with van der Waals surface area (Å²) in [4.78, 5) is 0. The molecule has 0 amide bonds. The number of hydrogen-bond donors (Lipinski definition) is 2. The lowest BCUT2D eigenvalue weighted by Crippen LogP contribution is -2.19. The van der Waals surface area contributed by atoms with Crippen molar-refractivity contribution in [1.29, 1.82) is 0 Å². The van der Waals surface area contributed by atoms with Crippen LogP contribution in [0.25, 0.3) is 0 Å². The van der Waals surface area contributed by atoms with E-state index in [2.05, 4.69) is 12.6 Å². The fraction of sp³-hybridized carbons (Fsp3) is 1.00. The minimum absolute atomic E-state index is 0.204. The smallest absolute Gasteiger partial charge is 0.0594 e. The lowest BCUT2D eigenvalue weighted by molar-refractivity contribution is 0.150. The minimum atomic E-state index is 0.204. The van der Waals surface area contributed by atoms with Crippen molar-refractivity contribution in [3.63, 3.8) is 0 Å². The van der Waals surface area contributed by atoms with Crippen LogP contribution in [0, 0.1) is 0 Å². The first-order valence-electron chi connectivity index (χ1n) is 2.77. The molecule has 0 aromatic heterocycles. The SMILES string of the molecule is CCOCC(S)CN. The first-order valence-corrected chi connectivity index (χ1v) is 3.28. The van der Waals surface area contributed by atoms with Crippen molar-refractivity contribution in [2.75, 3.05) is 19.8 Å². The number of nitrogens with two attached hydrogens (primary N) is 1. The highest BCUT2D eigenvalue weighted by Crippen LogP contribution is 1.91. The average Bonchev–Trinajstić information content (AvgIpc) is 1.83. The number of thiol groups is 1. The Morgan fingerprint density at radius 2 is 2.38 bits per heavy atom. The van der Waals surface area contributed by atoms with Gasteiger partial charge in [0, 0.05) is 18.4 Å². The maximum atomic E-state index is 5.26. The van der Waals surface area contributed by atoms with E-state index in [4.69, 9.17) is 10.5 Å². The van der Waals surface area contributed by atoms with Crippen molar-refractivity contribution in [3.05, 3.63) is 0 Å². The minimum Gasteiger partial charge on any atom is -0.381 e. The summed E-state index contributed by atoms with van der Waals surface area (Å²) in [6, 6.07) is 0. The van der Waals surface area contributed by atoms with E-state index in [1.54, 1.807) is 0 Å². The molecule has 0 saturated heterocycles. The number of hydrogen-bond acceptors (Lipinski definition) is 3. The van der Waals surface area contributed by atoms with Crippen LogP contribution in [0.4, 0.5) is 0 Å². The molecule has 0 fully saturated rings. The summed E-state index contributed by atoms with van der Waals surface area (Å²) < 4.78 is 5.03. The summed E-state index contributed by atoms with van der Waals surface area (Å²) in [5.41, 5.74) is 5.26. The largest absolute Gasteiger partial charge is 0.381 e. The van der Waals surface area contributed by atoms with E-state index in [0.29, 0.717) is 13.2 Å². The zero-order valence-corrected chi connectivity index (χ0v) is 6.03. The van der Waals surface area contributed by atoms with Gasteiger partial charge in [0.05, 0.1) is 6.61 Å². The van der Waals surface area contributed by atoms with Gasteiger partial charge >= 0.3 is 0 Å². The summed E-state index contributed by atoms with van der Waals surface area (Å²) in [6.07, 6.45) is 0. The second-order valence-corrected chi connectivity index (χ2v) is 2.28. The maximum absolute atomic E-state index is 5.26. The molecule has 3 heteroatoms. The highest BCUT2D eigenvalue weighted by molar-refractivity contribution is 7.81. The van der Waals surface area contributed by atoms with Crippen LogP contribution in [0.1, 0.15) is 6.92 Å². The number of rotatable bonds is 4. The Labute approximate surface area is 55.8 Å². The van der Waals surface area contributed by atoms with E-state index in [9.17, 15) is 0 Å². The summed E-state index contributed by atoms with van der Waals surface area (Å²) in [7, 11) is 0. The highest BCUT2D eigenvalue weighted by Gasteiger charge is 1.96. The highest BCUT2D eigenvalue weighted by atomic mass is 32.1. The lowest BCUT2D eigenvalue weighted by Gasteiger charge is -2.05. The molecule has 0 aliphatic carbocycles. The van der Waals surface area contributed by atoms with Crippen molar-refractivity contribution < 1.29 is 4.74 Å². The van der Waals surface area contributed by atoms with E-state index >= 15 is 0 Å². The standard InChI is InChI=1S/C5H13NOS/c1-2-7-4-5(8)3-6/h5,8H,2-4,6H2,1H3. The summed E-state index contributed by atoms with van der Waals surface area (Å²) >= 11 is 4.11.